The van der Waals surface area contributed by atoms with Crippen LogP contribution in [-0.4, -0.2) is 36.7 Å². The van der Waals surface area contributed by atoms with Crippen molar-refractivity contribution < 1.29 is 13.2 Å². The third-order valence-electron chi connectivity index (χ3n) is 4.29. The van der Waals surface area contributed by atoms with Crippen LogP contribution in [0.25, 0.3) is 10.2 Å². The molecular formula is C20H21ClN2O3S3. The third kappa shape index (κ3) is 5.72. The molecule has 0 aliphatic carbocycles. The van der Waals surface area contributed by atoms with Crippen molar-refractivity contribution in [1.82, 2.24) is 4.57 Å². The first-order valence-electron chi connectivity index (χ1n) is 9.04. The number of hydrogen-bond acceptors (Lipinski definition) is 5. The number of sulfone groups is 1. The number of aromatic nitrogens is 1. The van der Waals surface area contributed by atoms with Gasteiger partial charge >= 0.3 is 0 Å². The molecule has 0 aliphatic rings. The van der Waals surface area contributed by atoms with Crippen molar-refractivity contribution in [3.05, 3.63) is 58.4 Å². The lowest BCUT2D eigenvalue weighted by molar-refractivity contribution is -0.118. The maximum Gasteiger partial charge on any atom is 0.248 e. The van der Waals surface area contributed by atoms with Crippen molar-refractivity contribution in [2.24, 2.45) is 4.99 Å². The van der Waals surface area contributed by atoms with Crippen LogP contribution in [0, 0.1) is 0 Å². The van der Waals surface area contributed by atoms with Crippen LogP contribution in [0.2, 0.25) is 5.02 Å². The number of benzene rings is 2. The SMILES string of the molecule is CSCCn1c(=NC(=O)CCCS(=O)(=O)c2ccccc2)sc2cc(Cl)ccc21. The van der Waals surface area contributed by atoms with E-state index in [4.69, 9.17) is 11.6 Å². The van der Waals surface area contributed by atoms with E-state index < -0.39 is 9.84 Å². The lowest BCUT2D eigenvalue weighted by Gasteiger charge is -2.04. The number of amides is 1. The van der Waals surface area contributed by atoms with Crippen LogP contribution in [-0.2, 0) is 21.2 Å². The van der Waals surface area contributed by atoms with Crippen molar-refractivity contribution in [1.29, 1.82) is 0 Å². The highest BCUT2D eigenvalue weighted by Crippen LogP contribution is 2.22. The Morgan fingerprint density at radius 1 is 1.21 bits per heavy atom. The average molecular weight is 469 g/mol. The molecule has 29 heavy (non-hydrogen) atoms. The van der Waals surface area contributed by atoms with Gasteiger partial charge in [-0.05, 0) is 43.0 Å². The van der Waals surface area contributed by atoms with Gasteiger partial charge in [-0.2, -0.15) is 16.8 Å². The van der Waals surface area contributed by atoms with Crippen LogP contribution in [0.3, 0.4) is 0 Å². The molecule has 1 amide bonds. The van der Waals surface area contributed by atoms with Crippen molar-refractivity contribution in [2.75, 3.05) is 17.8 Å². The molecule has 1 heterocycles. The number of hydrogen-bond donors (Lipinski definition) is 0. The summed E-state index contributed by atoms with van der Waals surface area (Å²) in [7, 11) is -3.39. The molecule has 1 aromatic heterocycles. The minimum absolute atomic E-state index is 0.0766. The number of nitrogens with zero attached hydrogens (tertiary/aromatic N) is 2. The van der Waals surface area contributed by atoms with Gasteiger partial charge in [0.15, 0.2) is 14.6 Å². The zero-order chi connectivity index (χ0) is 20.9. The fourth-order valence-electron chi connectivity index (χ4n) is 2.85. The van der Waals surface area contributed by atoms with Gasteiger partial charge in [0.25, 0.3) is 0 Å². The molecule has 0 atom stereocenters. The van der Waals surface area contributed by atoms with Crippen LogP contribution in [0.4, 0.5) is 0 Å². The van der Waals surface area contributed by atoms with E-state index in [-0.39, 0.29) is 29.4 Å². The zero-order valence-electron chi connectivity index (χ0n) is 15.9. The number of carbonyl (C=O) groups excluding carboxylic acids is 1. The van der Waals surface area contributed by atoms with Gasteiger partial charge in [-0.3, -0.25) is 4.79 Å². The number of thioether (sulfide) groups is 1. The van der Waals surface area contributed by atoms with E-state index in [1.54, 1.807) is 42.1 Å². The van der Waals surface area contributed by atoms with Gasteiger partial charge in [0, 0.05) is 23.7 Å². The molecule has 0 saturated heterocycles. The fraction of sp³-hybridized carbons (Fsp3) is 0.300. The number of aryl methyl sites for hydroxylation is 1. The highest BCUT2D eigenvalue weighted by atomic mass is 35.5. The standard InChI is InChI=1S/C20H21ClN2O3S3/c1-27-12-11-23-17-10-9-15(21)14-18(17)28-20(23)22-19(24)8-5-13-29(25,26)16-6-3-2-4-7-16/h2-4,6-7,9-10,14H,5,8,11-13H2,1H3. The molecular weight excluding hydrogens is 448 g/mol. The van der Waals surface area contributed by atoms with E-state index >= 15 is 0 Å². The van der Waals surface area contributed by atoms with Gasteiger partial charge in [0.1, 0.15) is 0 Å². The summed E-state index contributed by atoms with van der Waals surface area (Å²) in [6.07, 6.45) is 2.35. The number of fused-ring (bicyclic) bond motifs is 1. The number of thiazole rings is 1. The maximum atomic E-state index is 12.4. The Bertz CT molecular complexity index is 1170. The van der Waals surface area contributed by atoms with Gasteiger partial charge in [-0.25, -0.2) is 8.42 Å². The Morgan fingerprint density at radius 2 is 1.97 bits per heavy atom. The maximum absolute atomic E-state index is 12.4. The first-order valence-corrected chi connectivity index (χ1v) is 13.3. The summed E-state index contributed by atoms with van der Waals surface area (Å²) in [6, 6.07) is 13.9. The lowest BCUT2D eigenvalue weighted by atomic mass is 10.3. The molecule has 0 spiro atoms. The molecule has 0 fully saturated rings. The van der Waals surface area contributed by atoms with Crippen LogP contribution in [0.15, 0.2) is 58.4 Å². The van der Waals surface area contributed by atoms with Crippen molar-refractivity contribution in [2.45, 2.75) is 24.3 Å². The third-order valence-corrected chi connectivity index (χ3v) is 7.97. The predicted molar refractivity (Wildman–Crippen MR) is 122 cm³/mol. The Balaban J connectivity index is 1.75. The van der Waals surface area contributed by atoms with Gasteiger partial charge in [-0.15, -0.1) is 0 Å². The van der Waals surface area contributed by atoms with Crippen molar-refractivity contribution in [3.63, 3.8) is 0 Å². The predicted octanol–water partition coefficient (Wildman–Crippen LogP) is 4.40. The summed E-state index contributed by atoms with van der Waals surface area (Å²) in [5, 5.41) is 0.639. The average Bonchev–Trinajstić information content (AvgIpc) is 3.02. The highest BCUT2D eigenvalue weighted by molar-refractivity contribution is 7.98. The van der Waals surface area contributed by atoms with Gasteiger partial charge < -0.3 is 4.57 Å². The molecule has 0 aliphatic heterocycles. The molecule has 0 bridgehead atoms. The van der Waals surface area contributed by atoms with Crippen LogP contribution in [0.1, 0.15) is 12.8 Å². The van der Waals surface area contributed by atoms with Gasteiger partial charge in [0.05, 0.1) is 20.9 Å². The minimum atomic E-state index is -3.39. The van der Waals surface area contributed by atoms with E-state index in [1.807, 2.05) is 29.0 Å². The van der Waals surface area contributed by atoms with Crippen LogP contribution in [0.5, 0.6) is 0 Å². The van der Waals surface area contributed by atoms with E-state index in [9.17, 15) is 13.2 Å². The minimum Gasteiger partial charge on any atom is -0.316 e. The second kappa shape index (κ2) is 9.93. The first-order chi connectivity index (χ1) is 13.9. The number of halogens is 1. The molecule has 5 nitrogen and oxygen atoms in total. The Kier molecular flexibility index (Phi) is 7.56. The van der Waals surface area contributed by atoms with E-state index in [0.717, 1.165) is 22.5 Å². The fourth-order valence-corrected chi connectivity index (χ4v) is 5.90. The molecule has 2 aromatic carbocycles. The summed E-state index contributed by atoms with van der Waals surface area (Å²) in [5.74, 6) is 0.501. The summed E-state index contributed by atoms with van der Waals surface area (Å²) >= 11 is 9.23. The second-order valence-electron chi connectivity index (χ2n) is 6.38. The Hall–Kier alpha value is -1.61. The molecule has 9 heteroatoms. The monoisotopic (exact) mass is 468 g/mol. The van der Waals surface area contributed by atoms with E-state index in [2.05, 4.69) is 4.99 Å². The van der Waals surface area contributed by atoms with Gasteiger partial charge in [0.2, 0.25) is 5.91 Å². The van der Waals surface area contributed by atoms with Crippen molar-refractivity contribution in [3.8, 4) is 0 Å². The second-order valence-corrected chi connectivity index (χ2v) is 10.9. The Morgan fingerprint density at radius 3 is 2.69 bits per heavy atom. The summed E-state index contributed by atoms with van der Waals surface area (Å²) in [6.45, 7) is 0.733. The lowest BCUT2D eigenvalue weighted by Crippen LogP contribution is -2.18. The molecule has 0 N–H and O–H groups in total. The molecule has 3 aromatic rings. The summed E-state index contributed by atoms with van der Waals surface area (Å²) < 4.78 is 27.7. The van der Waals surface area contributed by atoms with Crippen molar-refractivity contribution >= 4 is 60.7 Å². The highest BCUT2D eigenvalue weighted by Gasteiger charge is 2.15. The van der Waals surface area contributed by atoms with Crippen LogP contribution >= 0.6 is 34.7 Å². The largest absolute Gasteiger partial charge is 0.316 e. The first kappa shape index (κ1) is 22.1. The van der Waals surface area contributed by atoms with Crippen LogP contribution < -0.4 is 4.80 Å². The zero-order valence-corrected chi connectivity index (χ0v) is 19.1. The topological polar surface area (TPSA) is 68.5 Å². The van der Waals surface area contributed by atoms with E-state index in [1.165, 1.54) is 11.3 Å². The molecule has 3 rings (SSSR count). The number of carbonyl (C=O) groups is 1. The summed E-state index contributed by atoms with van der Waals surface area (Å²) in [4.78, 5) is 17.6. The molecule has 0 unspecified atom stereocenters. The molecule has 154 valence electrons. The normalized spacial score (nSPS) is 12.6. The van der Waals surface area contributed by atoms with E-state index in [0.29, 0.717) is 9.82 Å². The quantitative estimate of drug-likeness (QED) is 0.491. The Labute approximate surface area is 183 Å². The number of rotatable bonds is 8. The molecule has 0 saturated carbocycles. The van der Waals surface area contributed by atoms with Gasteiger partial charge in [-0.1, -0.05) is 41.1 Å². The summed E-state index contributed by atoms with van der Waals surface area (Å²) in [5.41, 5.74) is 0.992. The molecule has 0 radical (unpaired) electrons. The smallest absolute Gasteiger partial charge is 0.248 e.